The van der Waals surface area contributed by atoms with E-state index in [0.29, 0.717) is 34.5 Å². The molecule has 0 aliphatic heterocycles. The highest BCUT2D eigenvalue weighted by molar-refractivity contribution is 5.87. The van der Waals surface area contributed by atoms with Crippen LogP contribution in [0.1, 0.15) is 23.6 Å². The van der Waals surface area contributed by atoms with E-state index < -0.39 is 42.6 Å². The van der Waals surface area contributed by atoms with Gasteiger partial charge >= 0.3 is 5.63 Å². The maximum atomic E-state index is 12.7. The molecule has 0 aliphatic carbocycles. The van der Waals surface area contributed by atoms with E-state index in [9.17, 15) is 30.0 Å². The summed E-state index contributed by atoms with van der Waals surface area (Å²) >= 11 is 0. The molecule has 0 saturated carbocycles. The highest BCUT2D eigenvalue weighted by Crippen LogP contribution is 2.29. The second-order valence-electron chi connectivity index (χ2n) is 8.55. The number of hydrogen-bond donors (Lipinski definition) is 5. The second-order valence-corrected chi connectivity index (χ2v) is 8.55. The monoisotopic (exact) mass is 479 g/mol. The number of likely N-dealkylation sites (N-methyl/N-ethyl adjacent to an activating group) is 1. The molecule has 0 bridgehead atoms. The summed E-state index contributed by atoms with van der Waals surface area (Å²) in [5.41, 5.74) is 1.91. The van der Waals surface area contributed by atoms with Gasteiger partial charge in [0, 0.05) is 24.5 Å². The summed E-state index contributed by atoms with van der Waals surface area (Å²) in [5.74, 6) is 0.0268. The average Bonchev–Trinajstić information content (AvgIpc) is 2.79. The van der Waals surface area contributed by atoms with Gasteiger partial charge in [-0.2, -0.15) is 0 Å². The van der Waals surface area contributed by atoms with Crippen molar-refractivity contribution < 1.29 is 39.5 Å². The first kappa shape index (κ1) is 27.5. The predicted molar refractivity (Wildman–Crippen MR) is 125 cm³/mol. The van der Waals surface area contributed by atoms with Crippen LogP contribution in [0, 0.1) is 13.8 Å². The molecule has 34 heavy (non-hydrogen) atoms. The Bertz CT molecular complexity index is 1090. The second kappa shape index (κ2) is 11.6. The molecule has 2 aromatic rings. The molecule has 1 aromatic carbocycles. The van der Waals surface area contributed by atoms with Gasteiger partial charge in [-0.3, -0.25) is 4.79 Å². The number of nitrogens with zero attached hydrogens (tertiary/aromatic N) is 1. The van der Waals surface area contributed by atoms with E-state index in [1.807, 2.05) is 6.92 Å². The number of carbonyl (C=O) groups excluding carboxylic acids is 1. The number of carbonyl (C=O) groups is 1. The van der Waals surface area contributed by atoms with E-state index >= 15 is 0 Å². The zero-order valence-corrected chi connectivity index (χ0v) is 19.8. The standard InChI is InChI=1S/C24H33NO9/c1-12(2)11-33-19-7-6-15-13(3)16(24(32)34-23(15)14(19)4)8-20(29)25(5)9-17(27)21(30)22(31)18(28)10-26/h6-7,17-18,21-22,26-28,30-31H,1,8-11H2,2-5H3/t17-,18-,21+,22-/m1/s1. The SMILES string of the molecule is C=C(C)COc1ccc2c(C)c(CC(=O)N(C)C[C@@H](O)[C@H](O)[C@H](O)[C@H](O)CO)c(=O)oc2c1C. The fraction of sp³-hybridized carbons (Fsp3) is 0.500. The quantitative estimate of drug-likeness (QED) is 0.217. The number of ether oxygens (including phenoxy) is 1. The number of fused-ring (bicyclic) bond motifs is 1. The summed E-state index contributed by atoms with van der Waals surface area (Å²) in [4.78, 5) is 26.5. The topological polar surface area (TPSA) is 161 Å². The van der Waals surface area contributed by atoms with Crippen molar-refractivity contribution in [1.29, 1.82) is 0 Å². The molecule has 0 aliphatic rings. The van der Waals surface area contributed by atoms with Crippen molar-refractivity contribution in [2.75, 3.05) is 26.8 Å². The zero-order chi connectivity index (χ0) is 25.7. The van der Waals surface area contributed by atoms with Gasteiger partial charge in [0.2, 0.25) is 5.91 Å². The lowest BCUT2D eigenvalue weighted by Crippen LogP contribution is -2.50. The highest BCUT2D eigenvalue weighted by atomic mass is 16.5. The van der Waals surface area contributed by atoms with Gasteiger partial charge in [0.05, 0.1) is 18.6 Å². The number of aliphatic hydroxyl groups is 5. The van der Waals surface area contributed by atoms with Crippen LogP contribution in [0.5, 0.6) is 5.75 Å². The van der Waals surface area contributed by atoms with Crippen LogP contribution < -0.4 is 10.4 Å². The van der Waals surface area contributed by atoms with Crippen LogP contribution in [0.4, 0.5) is 0 Å². The Morgan fingerprint density at radius 3 is 2.32 bits per heavy atom. The Morgan fingerprint density at radius 1 is 1.12 bits per heavy atom. The Hall–Kier alpha value is -2.76. The van der Waals surface area contributed by atoms with Crippen molar-refractivity contribution >= 4 is 16.9 Å². The molecule has 0 unspecified atom stereocenters. The summed E-state index contributed by atoms with van der Waals surface area (Å²) in [6.07, 6.45) is -7.15. The van der Waals surface area contributed by atoms with Crippen LogP contribution in [0.15, 0.2) is 33.5 Å². The van der Waals surface area contributed by atoms with E-state index in [1.165, 1.54) is 7.05 Å². The summed E-state index contributed by atoms with van der Waals surface area (Å²) in [6.45, 7) is 8.24. The average molecular weight is 480 g/mol. The van der Waals surface area contributed by atoms with Gasteiger partial charge in [-0.1, -0.05) is 6.58 Å². The highest BCUT2D eigenvalue weighted by Gasteiger charge is 2.31. The van der Waals surface area contributed by atoms with Gasteiger partial charge in [0.25, 0.3) is 0 Å². The van der Waals surface area contributed by atoms with E-state index in [-0.39, 0.29) is 18.5 Å². The van der Waals surface area contributed by atoms with E-state index in [1.54, 1.807) is 26.0 Å². The molecule has 0 radical (unpaired) electrons. The Kier molecular flexibility index (Phi) is 9.37. The third-order valence-corrected chi connectivity index (χ3v) is 5.67. The van der Waals surface area contributed by atoms with Crippen LogP contribution in [-0.2, 0) is 11.2 Å². The molecule has 0 saturated heterocycles. The number of rotatable bonds is 11. The molecule has 1 amide bonds. The lowest BCUT2D eigenvalue weighted by Gasteiger charge is -2.28. The number of benzene rings is 1. The Labute approximate surface area is 197 Å². The summed E-state index contributed by atoms with van der Waals surface area (Å²) in [5, 5.41) is 48.7. The number of amides is 1. The fourth-order valence-corrected chi connectivity index (χ4v) is 3.47. The van der Waals surface area contributed by atoms with Crippen molar-refractivity contribution in [3.05, 3.63) is 51.4 Å². The molecular formula is C24H33NO9. The van der Waals surface area contributed by atoms with Gasteiger partial charge in [-0.15, -0.1) is 0 Å². The van der Waals surface area contributed by atoms with Crippen molar-refractivity contribution in [2.45, 2.75) is 51.6 Å². The van der Waals surface area contributed by atoms with Crippen LogP contribution in [0.25, 0.3) is 11.0 Å². The predicted octanol–water partition coefficient (Wildman–Crippen LogP) is -0.198. The summed E-state index contributed by atoms with van der Waals surface area (Å²) in [7, 11) is 1.36. The number of aliphatic hydroxyl groups excluding tert-OH is 5. The molecule has 0 spiro atoms. The lowest BCUT2D eigenvalue weighted by molar-refractivity contribution is -0.137. The molecule has 188 valence electrons. The number of aryl methyl sites for hydroxylation is 2. The van der Waals surface area contributed by atoms with Crippen LogP contribution in [0.3, 0.4) is 0 Å². The largest absolute Gasteiger partial charge is 0.489 e. The van der Waals surface area contributed by atoms with Crippen LogP contribution in [-0.4, -0.2) is 87.6 Å². The molecule has 10 heteroatoms. The van der Waals surface area contributed by atoms with Crippen molar-refractivity contribution in [2.24, 2.45) is 0 Å². The third kappa shape index (κ3) is 6.22. The Morgan fingerprint density at radius 2 is 1.74 bits per heavy atom. The molecule has 4 atom stereocenters. The van der Waals surface area contributed by atoms with Gasteiger partial charge in [0.15, 0.2) is 0 Å². The normalized spacial score (nSPS) is 15.0. The van der Waals surface area contributed by atoms with Gasteiger partial charge in [-0.05, 0) is 44.0 Å². The molecule has 1 aromatic heterocycles. The van der Waals surface area contributed by atoms with Crippen LogP contribution in [0.2, 0.25) is 0 Å². The molecule has 5 N–H and O–H groups in total. The smallest absolute Gasteiger partial charge is 0.340 e. The fourth-order valence-electron chi connectivity index (χ4n) is 3.47. The zero-order valence-electron chi connectivity index (χ0n) is 19.8. The van der Waals surface area contributed by atoms with E-state index in [2.05, 4.69) is 6.58 Å². The lowest BCUT2D eigenvalue weighted by atomic mass is 10.0. The van der Waals surface area contributed by atoms with Crippen molar-refractivity contribution in [3.8, 4) is 5.75 Å². The van der Waals surface area contributed by atoms with Gasteiger partial charge < -0.3 is 39.6 Å². The molecule has 1 heterocycles. The first-order valence-electron chi connectivity index (χ1n) is 10.8. The number of hydrogen-bond acceptors (Lipinski definition) is 9. The summed E-state index contributed by atoms with van der Waals surface area (Å²) in [6, 6.07) is 3.51. The van der Waals surface area contributed by atoms with E-state index in [0.717, 1.165) is 10.5 Å². The maximum Gasteiger partial charge on any atom is 0.340 e. The minimum atomic E-state index is -1.80. The first-order valence-corrected chi connectivity index (χ1v) is 10.8. The molecular weight excluding hydrogens is 446 g/mol. The molecule has 2 rings (SSSR count). The Balaban J connectivity index is 2.21. The minimum absolute atomic E-state index is 0.158. The molecule has 10 nitrogen and oxygen atoms in total. The van der Waals surface area contributed by atoms with Crippen molar-refractivity contribution in [3.63, 3.8) is 0 Å². The summed E-state index contributed by atoms with van der Waals surface area (Å²) < 4.78 is 11.2. The van der Waals surface area contributed by atoms with E-state index in [4.69, 9.17) is 14.3 Å². The third-order valence-electron chi connectivity index (χ3n) is 5.67. The minimum Gasteiger partial charge on any atom is -0.489 e. The van der Waals surface area contributed by atoms with Crippen molar-refractivity contribution in [1.82, 2.24) is 4.90 Å². The van der Waals surface area contributed by atoms with Gasteiger partial charge in [0.1, 0.15) is 42.4 Å². The first-order chi connectivity index (χ1) is 15.9. The van der Waals surface area contributed by atoms with Crippen LogP contribution >= 0.6 is 0 Å². The molecule has 0 fully saturated rings. The van der Waals surface area contributed by atoms with Gasteiger partial charge in [-0.25, -0.2) is 4.79 Å². The maximum absolute atomic E-state index is 12.7.